The average Bonchev–Trinajstić information content (AvgIpc) is 2.38. The fourth-order valence-corrected chi connectivity index (χ4v) is 3.69. The first kappa shape index (κ1) is 15.0. The zero-order valence-corrected chi connectivity index (χ0v) is 13.7. The largest absolute Gasteiger partial charge is 0.130 e. The molecule has 2 rings (SSSR count). The molecule has 0 N–H and O–H groups in total. The Morgan fingerprint density at radius 1 is 1.00 bits per heavy atom. The summed E-state index contributed by atoms with van der Waals surface area (Å²) >= 11 is 0. The van der Waals surface area contributed by atoms with Crippen LogP contribution in [0.25, 0.3) is 0 Å². The number of aryl methyl sites for hydroxylation is 2. The third-order valence-electron chi connectivity index (χ3n) is 4.28. The first-order chi connectivity index (χ1) is 9.15. The number of rotatable bonds is 5. The Balaban J connectivity index is 1.78. The standard InChI is InChI=1S/C18H28P/c1-14-11-15(2)13-17(12-14)18(19)10-6-9-16-7-4-3-5-8-16/h11-13,18H,3-10,19H2,1-2H3. The highest BCUT2D eigenvalue weighted by molar-refractivity contribution is 7.17. The molecule has 1 aromatic rings. The van der Waals surface area contributed by atoms with Gasteiger partial charge in [-0.1, -0.05) is 55.0 Å². The van der Waals surface area contributed by atoms with Crippen molar-refractivity contribution in [3.63, 3.8) is 0 Å². The molecule has 0 heterocycles. The molecule has 19 heavy (non-hydrogen) atoms. The Labute approximate surface area is 121 Å². The van der Waals surface area contributed by atoms with E-state index in [1.807, 2.05) is 5.92 Å². The van der Waals surface area contributed by atoms with Gasteiger partial charge in [0.15, 0.2) is 0 Å². The van der Waals surface area contributed by atoms with E-state index in [2.05, 4.69) is 41.3 Å². The van der Waals surface area contributed by atoms with Crippen molar-refractivity contribution in [2.45, 2.75) is 70.9 Å². The normalized spacial score (nSPS) is 18.5. The Hall–Kier alpha value is -0.350. The highest BCUT2D eigenvalue weighted by Gasteiger charge is 2.14. The first-order valence-electron chi connectivity index (χ1n) is 7.82. The summed E-state index contributed by atoms with van der Waals surface area (Å²) in [7, 11) is 3.05. The molecule has 2 unspecified atom stereocenters. The van der Waals surface area contributed by atoms with Crippen LogP contribution in [0.2, 0.25) is 0 Å². The fourth-order valence-electron chi connectivity index (χ4n) is 3.26. The molecule has 1 saturated carbocycles. The molecule has 0 bridgehead atoms. The molecule has 1 heteroatoms. The molecule has 2 atom stereocenters. The fraction of sp³-hybridized carbons (Fsp3) is 0.611. The summed E-state index contributed by atoms with van der Waals surface area (Å²) < 4.78 is 0. The van der Waals surface area contributed by atoms with Crippen LogP contribution < -0.4 is 0 Å². The minimum atomic E-state index is 0.628. The van der Waals surface area contributed by atoms with Gasteiger partial charge in [0.25, 0.3) is 0 Å². The van der Waals surface area contributed by atoms with E-state index in [1.54, 1.807) is 0 Å². The second-order valence-corrected chi connectivity index (χ2v) is 7.04. The van der Waals surface area contributed by atoms with Crippen molar-refractivity contribution >= 4 is 9.24 Å². The van der Waals surface area contributed by atoms with Gasteiger partial charge in [0.2, 0.25) is 0 Å². The van der Waals surface area contributed by atoms with Gasteiger partial charge in [-0.25, -0.2) is 0 Å². The molecule has 0 nitrogen and oxygen atoms in total. The maximum Gasteiger partial charge on any atom is -0.00144 e. The smallest absolute Gasteiger partial charge is 0.00144 e. The highest BCUT2D eigenvalue weighted by atomic mass is 31.0. The number of hydrogen-bond donors (Lipinski definition) is 0. The maximum atomic E-state index is 3.05. The van der Waals surface area contributed by atoms with Crippen LogP contribution in [-0.4, -0.2) is 0 Å². The minimum Gasteiger partial charge on any atom is -0.130 e. The van der Waals surface area contributed by atoms with Crippen molar-refractivity contribution in [2.24, 2.45) is 0 Å². The van der Waals surface area contributed by atoms with Gasteiger partial charge in [0.1, 0.15) is 0 Å². The average molecular weight is 275 g/mol. The lowest BCUT2D eigenvalue weighted by molar-refractivity contribution is 0.492. The summed E-state index contributed by atoms with van der Waals surface area (Å²) in [6, 6.07) is 6.95. The van der Waals surface area contributed by atoms with E-state index in [0.29, 0.717) is 5.66 Å². The van der Waals surface area contributed by atoms with Crippen LogP contribution in [0, 0.1) is 19.8 Å². The SMILES string of the molecule is Cc1cc(C)cc(C(P)CCC[C]2CCCCC2)c1. The first-order valence-corrected chi connectivity index (χ1v) is 8.49. The van der Waals surface area contributed by atoms with Crippen LogP contribution in [0.1, 0.15) is 73.7 Å². The van der Waals surface area contributed by atoms with Crippen LogP contribution in [0.15, 0.2) is 18.2 Å². The molecule has 0 saturated heterocycles. The summed E-state index contributed by atoms with van der Waals surface area (Å²) in [5, 5.41) is 0. The monoisotopic (exact) mass is 275 g/mol. The predicted octanol–water partition coefficient (Wildman–Crippen LogP) is 5.93. The van der Waals surface area contributed by atoms with E-state index in [4.69, 9.17) is 0 Å². The van der Waals surface area contributed by atoms with Gasteiger partial charge in [-0.15, -0.1) is 9.24 Å². The third-order valence-corrected chi connectivity index (χ3v) is 5.00. The van der Waals surface area contributed by atoms with Gasteiger partial charge in [-0.2, -0.15) is 0 Å². The summed E-state index contributed by atoms with van der Waals surface area (Å²) in [5.41, 5.74) is 4.91. The van der Waals surface area contributed by atoms with Crippen molar-refractivity contribution in [1.29, 1.82) is 0 Å². The van der Waals surface area contributed by atoms with E-state index in [0.717, 1.165) is 0 Å². The van der Waals surface area contributed by atoms with Gasteiger partial charge in [-0.05, 0) is 56.7 Å². The molecule has 1 fully saturated rings. The van der Waals surface area contributed by atoms with Crippen molar-refractivity contribution in [3.05, 3.63) is 40.8 Å². The van der Waals surface area contributed by atoms with E-state index in [9.17, 15) is 0 Å². The quantitative estimate of drug-likeness (QED) is 0.584. The van der Waals surface area contributed by atoms with Gasteiger partial charge >= 0.3 is 0 Å². The lowest BCUT2D eigenvalue weighted by atomic mass is 9.85. The Bertz CT molecular complexity index is 370. The molecular formula is C18H28P. The number of benzene rings is 1. The molecule has 1 aromatic carbocycles. The van der Waals surface area contributed by atoms with Crippen molar-refractivity contribution in [3.8, 4) is 0 Å². The zero-order chi connectivity index (χ0) is 13.7. The van der Waals surface area contributed by atoms with E-state index < -0.39 is 0 Å². The van der Waals surface area contributed by atoms with Crippen LogP contribution in [0.5, 0.6) is 0 Å². The van der Waals surface area contributed by atoms with Gasteiger partial charge < -0.3 is 0 Å². The second kappa shape index (κ2) is 7.44. The topological polar surface area (TPSA) is 0 Å². The third kappa shape index (κ3) is 4.92. The van der Waals surface area contributed by atoms with Crippen LogP contribution in [0.4, 0.5) is 0 Å². The predicted molar refractivity (Wildman–Crippen MR) is 88.5 cm³/mol. The van der Waals surface area contributed by atoms with E-state index in [-0.39, 0.29) is 0 Å². The summed E-state index contributed by atoms with van der Waals surface area (Å²) in [5.74, 6) is 1.84. The molecule has 105 valence electrons. The van der Waals surface area contributed by atoms with Crippen molar-refractivity contribution in [1.82, 2.24) is 0 Å². The summed E-state index contributed by atoms with van der Waals surface area (Å²) in [4.78, 5) is 0. The lowest BCUT2D eigenvalue weighted by Crippen LogP contribution is -2.04. The van der Waals surface area contributed by atoms with Gasteiger partial charge in [0.05, 0.1) is 0 Å². The van der Waals surface area contributed by atoms with Crippen molar-refractivity contribution in [2.75, 3.05) is 0 Å². The Kier molecular flexibility index (Phi) is 5.89. The van der Waals surface area contributed by atoms with Crippen LogP contribution in [0.3, 0.4) is 0 Å². The number of hydrogen-bond acceptors (Lipinski definition) is 0. The van der Waals surface area contributed by atoms with E-state index >= 15 is 0 Å². The van der Waals surface area contributed by atoms with E-state index in [1.165, 1.54) is 68.1 Å². The molecule has 0 amide bonds. The summed E-state index contributed by atoms with van der Waals surface area (Å²) in [6.45, 7) is 4.40. The van der Waals surface area contributed by atoms with Crippen LogP contribution >= 0.6 is 9.24 Å². The second-order valence-electron chi connectivity index (χ2n) is 6.23. The summed E-state index contributed by atoms with van der Waals surface area (Å²) in [6.07, 6.45) is 11.2. The Morgan fingerprint density at radius 3 is 2.26 bits per heavy atom. The Morgan fingerprint density at radius 2 is 1.63 bits per heavy atom. The van der Waals surface area contributed by atoms with Crippen LogP contribution in [-0.2, 0) is 0 Å². The van der Waals surface area contributed by atoms with Gasteiger partial charge in [0, 0.05) is 0 Å². The maximum absolute atomic E-state index is 3.05. The minimum absolute atomic E-state index is 0.628. The molecule has 1 aliphatic carbocycles. The molecule has 1 aliphatic rings. The zero-order valence-electron chi connectivity index (χ0n) is 12.5. The van der Waals surface area contributed by atoms with Crippen molar-refractivity contribution < 1.29 is 0 Å². The van der Waals surface area contributed by atoms with Gasteiger partial charge in [-0.3, -0.25) is 0 Å². The molecule has 0 spiro atoms. The molecular weight excluding hydrogens is 247 g/mol. The lowest BCUT2D eigenvalue weighted by Gasteiger charge is -2.21. The highest BCUT2D eigenvalue weighted by Crippen LogP contribution is 2.34. The molecule has 1 radical (unpaired) electrons. The molecule has 0 aromatic heterocycles. The molecule has 0 aliphatic heterocycles.